The van der Waals surface area contributed by atoms with E-state index < -0.39 is 147 Å². The maximum atomic E-state index is 9.96. The van der Waals surface area contributed by atoms with Crippen molar-refractivity contribution in [2.24, 2.45) is 0 Å². The van der Waals surface area contributed by atoms with Crippen LogP contribution in [0.15, 0.2) is 151 Å². The molecule has 0 radical (unpaired) electrons. The molecule has 0 bridgehead atoms. The zero-order valence-corrected chi connectivity index (χ0v) is 22.7. The highest BCUT2D eigenvalue weighted by atomic mass is 15.1. The number of aromatic nitrogens is 2. The first kappa shape index (κ1) is 13.2. The number of para-hydroxylation sites is 2. The molecule has 1 heterocycles. The van der Waals surface area contributed by atoms with E-state index in [0.29, 0.717) is 17.9 Å². The summed E-state index contributed by atoms with van der Waals surface area (Å²) < 4.78 is 154. The van der Waals surface area contributed by atoms with E-state index >= 15 is 0 Å². The fourth-order valence-corrected chi connectivity index (χ4v) is 5.51. The molecule has 0 N–H and O–H groups in total. The Bertz CT molecular complexity index is 3170. The van der Waals surface area contributed by atoms with Gasteiger partial charge in [0.2, 0.25) is 0 Å². The zero-order valence-electron chi connectivity index (χ0n) is 39.7. The molecule has 0 aliphatic carbocycles. The predicted octanol–water partition coefficient (Wildman–Crippen LogP) is 10.9. The molecule has 0 saturated carbocycles. The Labute approximate surface area is 275 Å². The van der Waals surface area contributed by atoms with Crippen molar-refractivity contribution in [3.63, 3.8) is 0 Å². The first-order valence-electron chi connectivity index (χ1n) is 22.1. The molecular formula is C41H30N2. The van der Waals surface area contributed by atoms with Crippen LogP contribution >= 0.6 is 0 Å². The topological polar surface area (TPSA) is 17.8 Å². The summed E-state index contributed by atoms with van der Waals surface area (Å²) in [6.07, 6.45) is 0.541. The molecule has 7 aromatic carbocycles. The Kier molecular flexibility index (Phi) is 3.21. The second kappa shape index (κ2) is 10.4. The Hall–Kier alpha value is -5.47. The van der Waals surface area contributed by atoms with Gasteiger partial charge in [-0.3, -0.25) is 4.57 Å². The summed E-state index contributed by atoms with van der Waals surface area (Å²) >= 11 is 0. The minimum atomic E-state index is -0.817. The van der Waals surface area contributed by atoms with Crippen LogP contribution in [0.25, 0.3) is 71.6 Å². The molecule has 43 heavy (non-hydrogen) atoms. The average molecular weight is 568 g/mol. The third-order valence-corrected chi connectivity index (χ3v) is 7.34. The summed E-state index contributed by atoms with van der Waals surface area (Å²) in [6, 6.07) is 1.23. The van der Waals surface area contributed by atoms with Crippen molar-refractivity contribution >= 4 is 32.6 Å². The zero-order chi connectivity index (χ0) is 43.5. The van der Waals surface area contributed by atoms with Crippen LogP contribution in [0.3, 0.4) is 0 Å². The lowest BCUT2D eigenvalue weighted by Gasteiger charge is -2.19. The molecule has 0 unspecified atom stereocenters. The molecule has 0 saturated heterocycles. The molecule has 0 aliphatic rings. The van der Waals surface area contributed by atoms with Crippen molar-refractivity contribution in [3.8, 4) is 39.1 Å². The van der Waals surface area contributed by atoms with Crippen molar-refractivity contribution in [1.82, 2.24) is 9.55 Å². The number of rotatable bonds is 5. The van der Waals surface area contributed by atoms with Gasteiger partial charge in [-0.2, -0.15) is 0 Å². The van der Waals surface area contributed by atoms with Crippen LogP contribution in [0, 0.1) is 0 Å². The second-order valence-electron chi connectivity index (χ2n) is 9.76. The summed E-state index contributed by atoms with van der Waals surface area (Å²) in [5.41, 5.74) is 0.0569. The summed E-state index contributed by atoms with van der Waals surface area (Å²) in [7, 11) is 0. The van der Waals surface area contributed by atoms with Crippen LogP contribution in [0.4, 0.5) is 0 Å². The van der Waals surface area contributed by atoms with E-state index in [9.17, 15) is 6.85 Å². The first-order valence-corrected chi connectivity index (χ1v) is 13.6. The fraction of sp³-hybridized carbons (Fsp3) is 0.0488. The standard InChI is InChI=1S/C41H30N2/c1-2-39-42-37-22-11-12-23-38(37)43(39)32-19-13-18-30(26-32)31-24-25-35-36(27-31)41(29-16-7-4-8-17-29)34-21-10-9-20-33(34)40(35)28-14-5-3-6-15-28/h3-27H,2H2,1H3/i3D,4D,5D,6D,7D,8D,9D,10D,14D,15D,16D,17D,20D,21D,24D,25D,27D. The van der Waals surface area contributed by atoms with Crippen molar-refractivity contribution < 1.29 is 23.3 Å². The maximum Gasteiger partial charge on any atom is 0.114 e. The Morgan fingerprint density at radius 3 is 1.91 bits per heavy atom. The quantitative estimate of drug-likeness (QED) is 0.189. The Balaban J connectivity index is 1.67. The van der Waals surface area contributed by atoms with Gasteiger partial charge in [0.25, 0.3) is 0 Å². The molecule has 8 aromatic rings. The highest BCUT2D eigenvalue weighted by molar-refractivity contribution is 6.21. The van der Waals surface area contributed by atoms with Crippen molar-refractivity contribution in [3.05, 3.63) is 157 Å². The number of hydrogen-bond donors (Lipinski definition) is 0. The molecule has 0 atom stereocenters. The van der Waals surface area contributed by atoms with Gasteiger partial charge in [0.15, 0.2) is 0 Å². The summed E-state index contributed by atoms with van der Waals surface area (Å²) in [5, 5.41) is -1.86. The molecule has 2 nitrogen and oxygen atoms in total. The van der Waals surface area contributed by atoms with Gasteiger partial charge in [0.1, 0.15) is 5.82 Å². The number of hydrogen-bond acceptors (Lipinski definition) is 1. The van der Waals surface area contributed by atoms with Gasteiger partial charge in [0, 0.05) is 12.1 Å². The highest BCUT2D eigenvalue weighted by Gasteiger charge is 2.18. The number of aryl methyl sites for hydroxylation is 1. The number of fused-ring (bicyclic) bond motifs is 3. The average Bonchev–Trinajstić information content (AvgIpc) is 3.63. The predicted molar refractivity (Wildman–Crippen MR) is 182 cm³/mol. The van der Waals surface area contributed by atoms with Crippen LogP contribution in [0.5, 0.6) is 0 Å². The summed E-state index contributed by atoms with van der Waals surface area (Å²) in [4.78, 5) is 4.76. The van der Waals surface area contributed by atoms with Crippen LogP contribution in [-0.4, -0.2) is 9.55 Å². The fourth-order valence-electron chi connectivity index (χ4n) is 5.51. The second-order valence-corrected chi connectivity index (χ2v) is 9.76. The van der Waals surface area contributed by atoms with Crippen LogP contribution < -0.4 is 0 Å². The Morgan fingerprint density at radius 1 is 0.581 bits per heavy atom. The molecule has 2 heteroatoms. The SMILES string of the molecule is [2H]c1c([2H])c([2H])c(-c2c3c([2H])c([2H])c([2H])c([2H])c3c(-c3c([2H])c([2H])c([2H])c([2H])c3[2H])c3c([2H])c(-c4cccc(-n5c(CC)nc6ccccc65)c4)c([2H])c([2H])c23)c([2H])c1[2H]. The van der Waals surface area contributed by atoms with Gasteiger partial charge in [-0.05, 0) is 85.2 Å². The number of imidazole rings is 1. The lowest BCUT2D eigenvalue weighted by Crippen LogP contribution is -2.00. The van der Waals surface area contributed by atoms with E-state index in [2.05, 4.69) is 0 Å². The lowest BCUT2D eigenvalue weighted by atomic mass is 9.85. The van der Waals surface area contributed by atoms with E-state index in [-0.39, 0.29) is 11.1 Å². The van der Waals surface area contributed by atoms with Crippen molar-refractivity contribution in [1.29, 1.82) is 0 Å². The Morgan fingerprint density at radius 2 is 1.21 bits per heavy atom. The van der Waals surface area contributed by atoms with E-state index in [1.807, 2.05) is 35.8 Å². The van der Waals surface area contributed by atoms with Crippen LogP contribution in [0.1, 0.15) is 36.1 Å². The van der Waals surface area contributed by atoms with Crippen molar-refractivity contribution in [2.75, 3.05) is 0 Å². The number of benzene rings is 7. The molecule has 204 valence electrons. The minimum absolute atomic E-state index is 0.169. The smallest absolute Gasteiger partial charge is 0.114 e. The molecule has 1 aromatic heterocycles. The molecule has 8 rings (SSSR count). The van der Waals surface area contributed by atoms with Gasteiger partial charge < -0.3 is 0 Å². The third kappa shape index (κ3) is 4.23. The minimum Gasteiger partial charge on any atom is -0.296 e. The van der Waals surface area contributed by atoms with E-state index in [0.717, 1.165) is 11.0 Å². The van der Waals surface area contributed by atoms with Gasteiger partial charge >= 0.3 is 0 Å². The molecule has 0 fully saturated rings. The monoisotopic (exact) mass is 567 g/mol. The maximum absolute atomic E-state index is 9.96. The van der Waals surface area contributed by atoms with Crippen LogP contribution in [-0.2, 0) is 6.42 Å². The van der Waals surface area contributed by atoms with Crippen molar-refractivity contribution in [2.45, 2.75) is 13.3 Å². The van der Waals surface area contributed by atoms with E-state index in [1.165, 1.54) is 0 Å². The third-order valence-electron chi connectivity index (χ3n) is 7.34. The van der Waals surface area contributed by atoms with Gasteiger partial charge in [-0.25, -0.2) is 4.98 Å². The largest absolute Gasteiger partial charge is 0.296 e. The molecule has 0 amide bonds. The number of nitrogens with zero attached hydrogens (tertiary/aromatic N) is 2. The normalized spacial score (nSPS) is 17.0. The van der Waals surface area contributed by atoms with Crippen LogP contribution in [0.2, 0.25) is 0 Å². The molecule has 0 aliphatic heterocycles. The first-order chi connectivity index (χ1) is 28.4. The van der Waals surface area contributed by atoms with E-state index in [4.69, 9.17) is 21.4 Å². The molecular weight excluding hydrogens is 520 g/mol. The van der Waals surface area contributed by atoms with Gasteiger partial charge in [-0.15, -0.1) is 0 Å². The summed E-state index contributed by atoms with van der Waals surface area (Å²) in [6.45, 7) is 1.94. The van der Waals surface area contributed by atoms with E-state index in [1.54, 1.807) is 24.3 Å². The lowest BCUT2D eigenvalue weighted by molar-refractivity contribution is 0.908. The molecule has 0 spiro atoms. The summed E-state index contributed by atoms with van der Waals surface area (Å²) in [5.74, 6) is 0.706. The van der Waals surface area contributed by atoms with Gasteiger partial charge in [-0.1, -0.05) is 128 Å². The van der Waals surface area contributed by atoms with Gasteiger partial charge in [0.05, 0.1) is 34.3 Å². The highest BCUT2D eigenvalue weighted by Crippen LogP contribution is 2.44.